The highest BCUT2D eigenvalue weighted by Gasteiger charge is 2.33. The van der Waals surface area contributed by atoms with Crippen molar-refractivity contribution in [3.05, 3.63) is 0 Å². The number of aliphatic hydroxyl groups is 2. The predicted octanol–water partition coefficient (Wildman–Crippen LogP) is 1.39. The van der Waals surface area contributed by atoms with Crippen LogP contribution in [-0.4, -0.2) is 34.7 Å². The lowest BCUT2D eigenvalue weighted by Gasteiger charge is -2.31. The van der Waals surface area contributed by atoms with Crippen molar-refractivity contribution in [3.8, 4) is 0 Å². The zero-order valence-corrected chi connectivity index (χ0v) is 12.1. The summed E-state index contributed by atoms with van der Waals surface area (Å²) in [7, 11) is 0. The number of nitrogens with two attached hydrogens (primary N) is 1. The number of hydrogen-bond acceptors (Lipinski definition) is 4. The SMILES string of the molecule is CC(C)[C@@H]([C]=O)[C@@H](O)[C@H](O)[C@@H](N)CC1CCCCC1. The van der Waals surface area contributed by atoms with Gasteiger partial charge in [0.2, 0.25) is 6.29 Å². The van der Waals surface area contributed by atoms with Crippen molar-refractivity contribution < 1.29 is 15.0 Å². The van der Waals surface area contributed by atoms with Gasteiger partial charge in [0.25, 0.3) is 0 Å². The predicted molar refractivity (Wildman–Crippen MR) is 75.2 cm³/mol. The zero-order valence-electron chi connectivity index (χ0n) is 12.1. The van der Waals surface area contributed by atoms with Gasteiger partial charge in [0.05, 0.1) is 18.1 Å². The second-order valence-electron chi connectivity index (χ2n) is 6.27. The van der Waals surface area contributed by atoms with E-state index in [9.17, 15) is 15.0 Å². The molecule has 19 heavy (non-hydrogen) atoms. The van der Waals surface area contributed by atoms with Gasteiger partial charge in [0.1, 0.15) is 0 Å². The van der Waals surface area contributed by atoms with E-state index in [0.29, 0.717) is 5.92 Å². The molecule has 1 rings (SSSR count). The molecule has 1 aliphatic carbocycles. The smallest absolute Gasteiger partial charge is 0.204 e. The fourth-order valence-electron chi connectivity index (χ4n) is 3.01. The third-order valence-corrected chi connectivity index (χ3v) is 4.34. The van der Waals surface area contributed by atoms with E-state index in [1.165, 1.54) is 19.3 Å². The fourth-order valence-corrected chi connectivity index (χ4v) is 3.01. The van der Waals surface area contributed by atoms with Gasteiger partial charge >= 0.3 is 0 Å². The Kier molecular flexibility index (Phi) is 6.97. The van der Waals surface area contributed by atoms with Gasteiger partial charge in [-0.1, -0.05) is 46.0 Å². The summed E-state index contributed by atoms with van der Waals surface area (Å²) in [6, 6.07) is -0.465. The monoisotopic (exact) mass is 270 g/mol. The van der Waals surface area contributed by atoms with Crippen molar-refractivity contribution in [1.82, 2.24) is 0 Å². The number of aliphatic hydroxyl groups excluding tert-OH is 2. The van der Waals surface area contributed by atoms with Gasteiger partial charge in [-0.15, -0.1) is 0 Å². The molecule has 1 fully saturated rings. The van der Waals surface area contributed by atoms with E-state index in [1.807, 2.05) is 20.1 Å². The second-order valence-corrected chi connectivity index (χ2v) is 6.27. The molecule has 0 saturated heterocycles. The van der Waals surface area contributed by atoms with Gasteiger partial charge in [0.15, 0.2) is 0 Å². The Labute approximate surface area is 116 Å². The molecule has 4 N–H and O–H groups in total. The molecule has 0 unspecified atom stereocenters. The van der Waals surface area contributed by atoms with Crippen LogP contribution in [0.3, 0.4) is 0 Å². The molecule has 4 heteroatoms. The molecule has 0 amide bonds. The van der Waals surface area contributed by atoms with Crippen LogP contribution < -0.4 is 5.73 Å². The molecule has 0 aromatic heterocycles. The molecule has 0 bridgehead atoms. The Hall–Kier alpha value is -0.450. The summed E-state index contributed by atoms with van der Waals surface area (Å²) in [6.45, 7) is 3.66. The second kappa shape index (κ2) is 7.98. The zero-order chi connectivity index (χ0) is 14.4. The maximum absolute atomic E-state index is 10.9. The molecule has 0 spiro atoms. The highest BCUT2D eigenvalue weighted by atomic mass is 16.3. The normalized spacial score (nSPS) is 23.9. The van der Waals surface area contributed by atoms with Crippen LogP contribution in [0, 0.1) is 17.8 Å². The van der Waals surface area contributed by atoms with Crippen LogP contribution in [-0.2, 0) is 4.79 Å². The average Bonchev–Trinajstić information content (AvgIpc) is 2.39. The topological polar surface area (TPSA) is 83.5 Å². The third-order valence-electron chi connectivity index (χ3n) is 4.34. The summed E-state index contributed by atoms with van der Waals surface area (Å²) in [5.74, 6) is -0.181. The number of rotatable bonds is 7. The summed E-state index contributed by atoms with van der Waals surface area (Å²) in [5.41, 5.74) is 6.00. The third kappa shape index (κ3) is 4.86. The number of hydrogen-bond donors (Lipinski definition) is 3. The van der Waals surface area contributed by atoms with Gasteiger partial charge in [-0.05, 0) is 18.3 Å². The fraction of sp³-hybridized carbons (Fsp3) is 0.933. The molecule has 1 saturated carbocycles. The lowest BCUT2D eigenvalue weighted by Crippen LogP contribution is -2.48. The molecule has 4 nitrogen and oxygen atoms in total. The van der Waals surface area contributed by atoms with Gasteiger partial charge in [-0.2, -0.15) is 0 Å². The van der Waals surface area contributed by atoms with E-state index in [0.717, 1.165) is 19.3 Å². The van der Waals surface area contributed by atoms with Gasteiger partial charge in [-0.25, -0.2) is 0 Å². The van der Waals surface area contributed by atoms with Crippen LogP contribution in [0.2, 0.25) is 0 Å². The maximum atomic E-state index is 10.9. The lowest BCUT2D eigenvalue weighted by molar-refractivity contribution is -0.0281. The van der Waals surface area contributed by atoms with Crippen LogP contribution in [0.15, 0.2) is 0 Å². The largest absolute Gasteiger partial charge is 0.390 e. The standard InChI is InChI=1S/C15H28NO3/c1-10(2)12(9-17)14(18)15(19)13(16)8-11-6-4-3-5-7-11/h10-15,18-19H,3-8,16H2,1-2H3/t12-,13+,14-,15-/m1/s1. The Morgan fingerprint density at radius 2 is 1.74 bits per heavy atom. The van der Waals surface area contributed by atoms with E-state index in [2.05, 4.69) is 0 Å². The first-order valence-electron chi connectivity index (χ1n) is 7.46. The molecule has 0 aromatic rings. The van der Waals surface area contributed by atoms with Crippen LogP contribution in [0.1, 0.15) is 52.4 Å². The summed E-state index contributed by atoms with van der Waals surface area (Å²) in [6.07, 6.45) is 6.44. The van der Waals surface area contributed by atoms with E-state index in [-0.39, 0.29) is 5.92 Å². The van der Waals surface area contributed by atoms with Crippen molar-refractivity contribution >= 4 is 6.29 Å². The molecule has 4 atom stereocenters. The minimum absolute atomic E-state index is 0.0518. The Bertz CT molecular complexity index is 264. The molecule has 111 valence electrons. The van der Waals surface area contributed by atoms with Crippen LogP contribution in [0.4, 0.5) is 0 Å². The first-order valence-corrected chi connectivity index (χ1v) is 7.46. The minimum Gasteiger partial charge on any atom is -0.390 e. The first-order chi connectivity index (χ1) is 8.97. The Morgan fingerprint density at radius 1 is 1.16 bits per heavy atom. The quantitative estimate of drug-likeness (QED) is 0.653. The van der Waals surface area contributed by atoms with Gasteiger partial charge in [0, 0.05) is 6.04 Å². The highest BCUT2D eigenvalue weighted by Crippen LogP contribution is 2.28. The maximum Gasteiger partial charge on any atom is 0.204 e. The van der Waals surface area contributed by atoms with Gasteiger partial charge in [-0.3, -0.25) is 4.79 Å². The van der Waals surface area contributed by atoms with Gasteiger partial charge < -0.3 is 15.9 Å². The first kappa shape index (κ1) is 16.6. The van der Waals surface area contributed by atoms with Crippen molar-refractivity contribution in [2.24, 2.45) is 23.5 Å². The van der Waals surface area contributed by atoms with E-state index in [4.69, 9.17) is 5.73 Å². The molecule has 0 aliphatic heterocycles. The summed E-state index contributed by atoms with van der Waals surface area (Å²) in [5, 5.41) is 20.2. The number of carbonyl (C=O) groups excluding carboxylic acids is 1. The van der Waals surface area contributed by atoms with Crippen LogP contribution in [0.25, 0.3) is 0 Å². The summed E-state index contributed by atoms with van der Waals surface area (Å²) < 4.78 is 0. The van der Waals surface area contributed by atoms with Crippen molar-refractivity contribution in [3.63, 3.8) is 0 Å². The molecule has 1 radical (unpaired) electrons. The Morgan fingerprint density at radius 3 is 2.21 bits per heavy atom. The van der Waals surface area contributed by atoms with Crippen molar-refractivity contribution in [1.29, 1.82) is 0 Å². The Balaban J connectivity index is 2.49. The lowest BCUT2D eigenvalue weighted by atomic mass is 9.81. The van der Waals surface area contributed by atoms with Crippen molar-refractivity contribution in [2.45, 2.75) is 70.6 Å². The van der Waals surface area contributed by atoms with Crippen LogP contribution >= 0.6 is 0 Å². The van der Waals surface area contributed by atoms with Crippen LogP contribution in [0.5, 0.6) is 0 Å². The molecule has 0 aromatic carbocycles. The average molecular weight is 270 g/mol. The molecular weight excluding hydrogens is 242 g/mol. The molecule has 1 aliphatic rings. The highest BCUT2D eigenvalue weighted by molar-refractivity contribution is 5.56. The van der Waals surface area contributed by atoms with E-state index < -0.39 is 24.2 Å². The van der Waals surface area contributed by atoms with E-state index >= 15 is 0 Å². The van der Waals surface area contributed by atoms with E-state index in [1.54, 1.807) is 0 Å². The molecule has 0 heterocycles. The summed E-state index contributed by atoms with van der Waals surface area (Å²) >= 11 is 0. The summed E-state index contributed by atoms with van der Waals surface area (Å²) in [4.78, 5) is 10.9. The molecular formula is C15H28NO3. The minimum atomic E-state index is -1.11. The van der Waals surface area contributed by atoms with Crippen molar-refractivity contribution in [2.75, 3.05) is 0 Å².